The number of benzene rings is 1. The molecular formula is C17H18N2O. The number of fused-ring (bicyclic) bond motifs is 1. The quantitative estimate of drug-likeness (QED) is 0.776. The fraction of sp³-hybridized carbons (Fsp3) is 0.235. The minimum atomic E-state index is 0.283. The first-order valence-corrected chi connectivity index (χ1v) is 6.86. The summed E-state index contributed by atoms with van der Waals surface area (Å²) in [4.78, 5) is 4.05. The second-order valence-electron chi connectivity index (χ2n) is 5.02. The molecule has 0 saturated heterocycles. The second-order valence-corrected chi connectivity index (χ2v) is 5.02. The average Bonchev–Trinajstić information content (AvgIpc) is 2.81. The monoisotopic (exact) mass is 266 g/mol. The predicted molar refractivity (Wildman–Crippen MR) is 80.4 cm³/mol. The summed E-state index contributed by atoms with van der Waals surface area (Å²) in [7, 11) is 0. The summed E-state index contributed by atoms with van der Waals surface area (Å²) >= 11 is 0. The zero-order valence-corrected chi connectivity index (χ0v) is 11.8. The molecule has 3 rings (SSSR count). The lowest BCUT2D eigenvalue weighted by molar-refractivity contribution is 0.544. The number of furan rings is 1. The Morgan fingerprint density at radius 2 is 1.90 bits per heavy atom. The van der Waals surface area contributed by atoms with Crippen LogP contribution >= 0.6 is 0 Å². The fourth-order valence-electron chi connectivity index (χ4n) is 2.47. The van der Waals surface area contributed by atoms with Gasteiger partial charge in [-0.05, 0) is 37.6 Å². The minimum Gasteiger partial charge on any atom is -0.461 e. The van der Waals surface area contributed by atoms with Crippen molar-refractivity contribution in [2.24, 2.45) is 0 Å². The van der Waals surface area contributed by atoms with Crippen LogP contribution in [0.3, 0.4) is 0 Å². The Balaban J connectivity index is 1.79. The van der Waals surface area contributed by atoms with Gasteiger partial charge < -0.3 is 9.73 Å². The van der Waals surface area contributed by atoms with Gasteiger partial charge in [0.05, 0.1) is 0 Å². The Morgan fingerprint density at radius 1 is 1.15 bits per heavy atom. The third kappa shape index (κ3) is 2.45. The van der Waals surface area contributed by atoms with Gasteiger partial charge in [-0.15, -0.1) is 0 Å². The van der Waals surface area contributed by atoms with E-state index < -0.39 is 0 Å². The molecule has 20 heavy (non-hydrogen) atoms. The maximum absolute atomic E-state index is 5.79. The molecule has 0 fully saturated rings. The molecule has 0 aliphatic carbocycles. The lowest BCUT2D eigenvalue weighted by Gasteiger charge is -2.13. The third-order valence-electron chi connectivity index (χ3n) is 3.69. The molecule has 0 unspecified atom stereocenters. The van der Waals surface area contributed by atoms with Crippen molar-refractivity contribution in [2.75, 3.05) is 0 Å². The smallest absolute Gasteiger partial charge is 0.134 e. The molecular weight excluding hydrogens is 248 g/mol. The van der Waals surface area contributed by atoms with Gasteiger partial charge in [0, 0.05) is 35.9 Å². The highest BCUT2D eigenvalue weighted by atomic mass is 16.3. The number of hydrogen-bond acceptors (Lipinski definition) is 3. The molecule has 1 atom stereocenters. The van der Waals surface area contributed by atoms with Crippen LogP contribution in [0.15, 0.2) is 53.2 Å². The number of hydrogen-bond donors (Lipinski definition) is 1. The van der Waals surface area contributed by atoms with Crippen molar-refractivity contribution in [1.29, 1.82) is 0 Å². The van der Waals surface area contributed by atoms with Gasteiger partial charge in [-0.1, -0.05) is 18.2 Å². The van der Waals surface area contributed by atoms with Crippen molar-refractivity contribution in [3.8, 4) is 0 Å². The lowest BCUT2D eigenvalue weighted by Crippen LogP contribution is -2.18. The molecule has 1 N–H and O–H groups in total. The number of pyridine rings is 1. The highest BCUT2D eigenvalue weighted by molar-refractivity contribution is 5.82. The maximum atomic E-state index is 5.79. The molecule has 0 amide bonds. The largest absolute Gasteiger partial charge is 0.461 e. The van der Waals surface area contributed by atoms with Crippen molar-refractivity contribution in [2.45, 2.75) is 26.4 Å². The van der Waals surface area contributed by atoms with E-state index in [2.05, 4.69) is 23.3 Å². The summed E-state index contributed by atoms with van der Waals surface area (Å²) in [6.45, 7) is 4.98. The Morgan fingerprint density at radius 3 is 2.70 bits per heavy atom. The summed E-state index contributed by atoms with van der Waals surface area (Å²) in [5.41, 5.74) is 3.44. The van der Waals surface area contributed by atoms with Crippen molar-refractivity contribution in [1.82, 2.24) is 10.3 Å². The van der Waals surface area contributed by atoms with Crippen molar-refractivity contribution in [3.63, 3.8) is 0 Å². The average molecular weight is 266 g/mol. The van der Waals surface area contributed by atoms with E-state index in [-0.39, 0.29) is 6.04 Å². The molecule has 0 aliphatic rings. The van der Waals surface area contributed by atoms with Gasteiger partial charge in [0.25, 0.3) is 0 Å². The van der Waals surface area contributed by atoms with Gasteiger partial charge in [0.2, 0.25) is 0 Å². The number of aryl methyl sites for hydroxylation is 1. The number of para-hydroxylation sites is 1. The summed E-state index contributed by atoms with van der Waals surface area (Å²) in [6, 6.07) is 12.5. The van der Waals surface area contributed by atoms with E-state index in [1.165, 1.54) is 16.5 Å². The van der Waals surface area contributed by atoms with Crippen LogP contribution in [-0.2, 0) is 6.54 Å². The molecule has 102 valence electrons. The summed E-state index contributed by atoms with van der Waals surface area (Å²) in [5, 5.41) is 4.74. The topological polar surface area (TPSA) is 38.1 Å². The van der Waals surface area contributed by atoms with E-state index in [4.69, 9.17) is 4.42 Å². The standard InChI is InChI=1S/C17H18N2O/c1-12(14-7-9-18-10-8-14)19-11-16-13(2)20-17-6-4-3-5-15(16)17/h3-10,12,19H,11H2,1-2H3/t12-/m0/s1. The van der Waals surface area contributed by atoms with Gasteiger partial charge in [0.1, 0.15) is 11.3 Å². The zero-order valence-electron chi connectivity index (χ0n) is 11.8. The molecule has 2 heterocycles. The van der Waals surface area contributed by atoms with Gasteiger partial charge in [0.15, 0.2) is 0 Å². The molecule has 2 aromatic heterocycles. The highest BCUT2D eigenvalue weighted by Crippen LogP contribution is 2.25. The van der Waals surface area contributed by atoms with Crippen LogP contribution in [0, 0.1) is 6.92 Å². The number of nitrogens with one attached hydrogen (secondary N) is 1. The van der Waals surface area contributed by atoms with Crippen LogP contribution in [0.2, 0.25) is 0 Å². The summed E-state index contributed by atoms with van der Waals surface area (Å²) in [5.74, 6) is 0.987. The van der Waals surface area contributed by atoms with Crippen LogP contribution in [0.1, 0.15) is 29.9 Å². The van der Waals surface area contributed by atoms with Gasteiger partial charge >= 0.3 is 0 Å². The van der Waals surface area contributed by atoms with Gasteiger partial charge in [-0.3, -0.25) is 4.98 Å². The summed E-state index contributed by atoms with van der Waals surface area (Å²) in [6.07, 6.45) is 3.65. The molecule has 3 nitrogen and oxygen atoms in total. The Bertz CT molecular complexity index is 703. The lowest BCUT2D eigenvalue weighted by atomic mass is 10.1. The van der Waals surface area contributed by atoms with E-state index in [1.807, 2.05) is 49.6 Å². The van der Waals surface area contributed by atoms with Crippen molar-refractivity contribution < 1.29 is 4.42 Å². The van der Waals surface area contributed by atoms with Crippen LogP contribution in [0.25, 0.3) is 11.0 Å². The zero-order chi connectivity index (χ0) is 13.9. The molecule has 0 aliphatic heterocycles. The SMILES string of the molecule is Cc1oc2ccccc2c1CN[C@@H](C)c1ccncc1. The molecule has 0 saturated carbocycles. The molecule has 0 bridgehead atoms. The molecule has 3 aromatic rings. The third-order valence-corrected chi connectivity index (χ3v) is 3.69. The van der Waals surface area contributed by atoms with E-state index in [0.717, 1.165) is 17.9 Å². The van der Waals surface area contributed by atoms with Crippen LogP contribution in [0.4, 0.5) is 0 Å². The molecule has 0 spiro atoms. The Labute approximate surface area is 118 Å². The Kier molecular flexibility index (Phi) is 3.52. The number of nitrogens with zero attached hydrogens (tertiary/aromatic N) is 1. The first-order chi connectivity index (χ1) is 9.75. The van der Waals surface area contributed by atoms with Gasteiger partial charge in [-0.25, -0.2) is 0 Å². The Hall–Kier alpha value is -2.13. The molecule has 0 radical (unpaired) electrons. The van der Waals surface area contributed by atoms with Crippen molar-refractivity contribution >= 4 is 11.0 Å². The van der Waals surface area contributed by atoms with Gasteiger partial charge in [-0.2, -0.15) is 0 Å². The van der Waals surface area contributed by atoms with E-state index in [0.29, 0.717) is 0 Å². The van der Waals surface area contributed by atoms with E-state index in [9.17, 15) is 0 Å². The van der Waals surface area contributed by atoms with E-state index in [1.54, 1.807) is 0 Å². The van der Waals surface area contributed by atoms with E-state index >= 15 is 0 Å². The predicted octanol–water partition coefficient (Wildman–Crippen LogP) is 3.99. The van der Waals surface area contributed by atoms with Crippen molar-refractivity contribution in [3.05, 3.63) is 65.7 Å². The highest BCUT2D eigenvalue weighted by Gasteiger charge is 2.11. The number of aromatic nitrogens is 1. The van der Waals surface area contributed by atoms with Crippen LogP contribution in [-0.4, -0.2) is 4.98 Å². The summed E-state index contributed by atoms with van der Waals surface area (Å²) < 4.78 is 5.79. The fourth-order valence-corrected chi connectivity index (χ4v) is 2.47. The first kappa shape index (κ1) is 12.9. The van der Waals surface area contributed by atoms with Crippen LogP contribution in [0.5, 0.6) is 0 Å². The second kappa shape index (κ2) is 5.47. The number of rotatable bonds is 4. The molecule has 1 aromatic carbocycles. The first-order valence-electron chi connectivity index (χ1n) is 6.86. The minimum absolute atomic E-state index is 0.283. The normalized spacial score (nSPS) is 12.7. The maximum Gasteiger partial charge on any atom is 0.134 e. The van der Waals surface area contributed by atoms with Crippen LogP contribution < -0.4 is 5.32 Å². The molecule has 3 heteroatoms.